The molecule has 0 radical (unpaired) electrons. The summed E-state index contributed by atoms with van der Waals surface area (Å²) < 4.78 is 5.73. The third-order valence-corrected chi connectivity index (χ3v) is 3.63. The van der Waals surface area contributed by atoms with Crippen LogP contribution in [0.25, 0.3) is 0 Å². The maximum atomic E-state index is 5.73. The summed E-state index contributed by atoms with van der Waals surface area (Å²) in [6, 6.07) is 9.22. The standard InChI is InChI=1S/C14H18N4O/c1-10(15-2)13-16-17-14(19-13)18-8-7-11-5-3-4-6-12(11)9-18/h3-6,10,15H,7-9H2,1-2H3. The Morgan fingerprint density at radius 3 is 2.84 bits per heavy atom. The fraction of sp³-hybridized carbons (Fsp3) is 0.429. The molecule has 0 saturated carbocycles. The highest BCUT2D eigenvalue weighted by molar-refractivity contribution is 5.37. The van der Waals surface area contributed by atoms with Crippen LogP contribution in [0.1, 0.15) is 30.0 Å². The monoisotopic (exact) mass is 258 g/mol. The van der Waals surface area contributed by atoms with Crippen molar-refractivity contribution in [2.24, 2.45) is 0 Å². The highest BCUT2D eigenvalue weighted by atomic mass is 16.4. The van der Waals surface area contributed by atoms with Crippen molar-refractivity contribution in [3.8, 4) is 0 Å². The first-order valence-electron chi connectivity index (χ1n) is 6.60. The van der Waals surface area contributed by atoms with Crippen molar-refractivity contribution in [1.29, 1.82) is 0 Å². The van der Waals surface area contributed by atoms with Gasteiger partial charge >= 0.3 is 6.01 Å². The van der Waals surface area contributed by atoms with Gasteiger partial charge in [0.05, 0.1) is 6.04 Å². The molecule has 0 aliphatic carbocycles. The molecule has 0 fully saturated rings. The number of rotatable bonds is 3. The van der Waals surface area contributed by atoms with E-state index in [0.29, 0.717) is 11.9 Å². The van der Waals surface area contributed by atoms with Gasteiger partial charge in [-0.1, -0.05) is 29.4 Å². The molecule has 2 aromatic rings. The van der Waals surface area contributed by atoms with Crippen LogP contribution in [0.3, 0.4) is 0 Å². The Hall–Kier alpha value is -1.88. The topological polar surface area (TPSA) is 54.2 Å². The second kappa shape index (κ2) is 5.01. The molecule has 0 saturated heterocycles. The second-order valence-corrected chi connectivity index (χ2v) is 4.87. The van der Waals surface area contributed by atoms with Crippen LogP contribution >= 0.6 is 0 Å². The molecule has 2 heterocycles. The van der Waals surface area contributed by atoms with E-state index in [1.165, 1.54) is 11.1 Å². The highest BCUT2D eigenvalue weighted by Crippen LogP contribution is 2.24. The zero-order valence-corrected chi connectivity index (χ0v) is 11.3. The number of fused-ring (bicyclic) bond motifs is 1. The molecule has 1 atom stereocenters. The van der Waals surface area contributed by atoms with Crippen molar-refractivity contribution in [2.45, 2.75) is 25.9 Å². The number of anilines is 1. The zero-order chi connectivity index (χ0) is 13.2. The summed E-state index contributed by atoms with van der Waals surface area (Å²) in [5.41, 5.74) is 2.76. The molecule has 1 N–H and O–H groups in total. The van der Waals surface area contributed by atoms with Crippen molar-refractivity contribution in [1.82, 2.24) is 15.5 Å². The smallest absolute Gasteiger partial charge is 0.318 e. The Bertz CT molecular complexity index is 566. The normalized spacial score (nSPS) is 16.2. The van der Waals surface area contributed by atoms with E-state index in [1.807, 2.05) is 14.0 Å². The third kappa shape index (κ3) is 2.33. The molecule has 19 heavy (non-hydrogen) atoms. The molecule has 100 valence electrons. The van der Waals surface area contributed by atoms with Crippen LogP contribution in [-0.2, 0) is 13.0 Å². The number of hydrogen-bond donors (Lipinski definition) is 1. The molecule has 0 bridgehead atoms. The van der Waals surface area contributed by atoms with E-state index in [4.69, 9.17) is 4.42 Å². The predicted octanol–water partition coefficient (Wildman–Crippen LogP) is 1.91. The van der Waals surface area contributed by atoms with Crippen LogP contribution in [0, 0.1) is 0 Å². The average molecular weight is 258 g/mol. The van der Waals surface area contributed by atoms with Crippen molar-refractivity contribution >= 4 is 6.01 Å². The van der Waals surface area contributed by atoms with E-state index in [1.54, 1.807) is 0 Å². The fourth-order valence-corrected chi connectivity index (χ4v) is 2.31. The minimum absolute atomic E-state index is 0.0818. The number of nitrogens with zero attached hydrogens (tertiary/aromatic N) is 3. The SMILES string of the molecule is CNC(C)c1nnc(N2CCc3ccccc3C2)o1. The first-order chi connectivity index (χ1) is 9.28. The molecule has 0 spiro atoms. The van der Waals surface area contributed by atoms with Gasteiger partial charge < -0.3 is 14.6 Å². The third-order valence-electron chi connectivity index (χ3n) is 3.63. The highest BCUT2D eigenvalue weighted by Gasteiger charge is 2.21. The van der Waals surface area contributed by atoms with E-state index in [0.717, 1.165) is 19.5 Å². The van der Waals surface area contributed by atoms with Crippen LogP contribution in [0.4, 0.5) is 6.01 Å². The van der Waals surface area contributed by atoms with Crippen molar-refractivity contribution in [3.05, 3.63) is 41.3 Å². The molecule has 5 nitrogen and oxygen atoms in total. The van der Waals surface area contributed by atoms with Gasteiger partial charge in [-0.3, -0.25) is 0 Å². The summed E-state index contributed by atoms with van der Waals surface area (Å²) in [5.74, 6) is 0.636. The summed E-state index contributed by atoms with van der Waals surface area (Å²) >= 11 is 0. The fourth-order valence-electron chi connectivity index (χ4n) is 2.31. The number of nitrogens with one attached hydrogen (secondary N) is 1. The predicted molar refractivity (Wildman–Crippen MR) is 73.0 cm³/mol. The largest absolute Gasteiger partial charge is 0.406 e. The van der Waals surface area contributed by atoms with Crippen LogP contribution < -0.4 is 10.2 Å². The molecular formula is C14H18N4O. The van der Waals surface area contributed by atoms with E-state index < -0.39 is 0 Å². The van der Waals surface area contributed by atoms with Crippen LogP contribution in [-0.4, -0.2) is 23.8 Å². The lowest BCUT2D eigenvalue weighted by molar-refractivity contribution is 0.427. The Kier molecular flexibility index (Phi) is 3.21. The first-order valence-corrected chi connectivity index (χ1v) is 6.60. The molecule has 5 heteroatoms. The summed E-state index contributed by atoms with van der Waals surface area (Å²) in [6.45, 7) is 3.77. The lowest BCUT2D eigenvalue weighted by atomic mass is 10.0. The summed E-state index contributed by atoms with van der Waals surface area (Å²) in [5, 5.41) is 11.3. The van der Waals surface area contributed by atoms with Crippen LogP contribution in [0.15, 0.2) is 28.7 Å². The maximum Gasteiger partial charge on any atom is 0.318 e. The molecule has 1 aliphatic rings. The second-order valence-electron chi connectivity index (χ2n) is 4.87. The van der Waals surface area contributed by atoms with Gasteiger partial charge in [0.2, 0.25) is 5.89 Å². The average Bonchev–Trinajstić information content (AvgIpc) is 2.95. The summed E-state index contributed by atoms with van der Waals surface area (Å²) in [7, 11) is 1.88. The van der Waals surface area contributed by atoms with E-state index >= 15 is 0 Å². The van der Waals surface area contributed by atoms with Crippen LogP contribution in [0.2, 0.25) is 0 Å². The quantitative estimate of drug-likeness (QED) is 0.911. The van der Waals surface area contributed by atoms with Crippen molar-refractivity contribution in [3.63, 3.8) is 0 Å². The lowest BCUT2D eigenvalue weighted by Crippen LogP contribution is -2.30. The van der Waals surface area contributed by atoms with Gasteiger partial charge in [-0.25, -0.2) is 0 Å². The van der Waals surface area contributed by atoms with E-state index in [-0.39, 0.29) is 6.04 Å². The minimum atomic E-state index is 0.0818. The van der Waals surface area contributed by atoms with E-state index in [9.17, 15) is 0 Å². The molecule has 1 aromatic heterocycles. The van der Waals surface area contributed by atoms with Gasteiger partial charge in [-0.15, -0.1) is 5.10 Å². The van der Waals surface area contributed by atoms with Gasteiger partial charge in [-0.2, -0.15) is 0 Å². The number of aromatic nitrogens is 2. The summed E-state index contributed by atoms with van der Waals surface area (Å²) in [6.07, 6.45) is 1.02. The van der Waals surface area contributed by atoms with Gasteiger partial charge in [0, 0.05) is 13.1 Å². The molecule has 0 amide bonds. The van der Waals surface area contributed by atoms with Gasteiger partial charge in [0.15, 0.2) is 0 Å². The van der Waals surface area contributed by atoms with Gasteiger partial charge in [0.25, 0.3) is 0 Å². The minimum Gasteiger partial charge on any atom is -0.406 e. The Balaban J connectivity index is 1.79. The van der Waals surface area contributed by atoms with Gasteiger partial charge in [0.1, 0.15) is 0 Å². The lowest BCUT2D eigenvalue weighted by Gasteiger charge is -2.26. The Morgan fingerprint density at radius 1 is 1.26 bits per heavy atom. The maximum absolute atomic E-state index is 5.73. The molecular weight excluding hydrogens is 240 g/mol. The molecule has 1 aromatic carbocycles. The molecule has 1 unspecified atom stereocenters. The Labute approximate surface area is 112 Å². The number of benzene rings is 1. The zero-order valence-electron chi connectivity index (χ0n) is 11.3. The molecule has 3 rings (SSSR count). The van der Waals surface area contributed by atoms with Gasteiger partial charge in [-0.05, 0) is 31.5 Å². The number of hydrogen-bond acceptors (Lipinski definition) is 5. The first kappa shape index (κ1) is 12.2. The Morgan fingerprint density at radius 2 is 2.05 bits per heavy atom. The summed E-state index contributed by atoms with van der Waals surface area (Å²) in [4.78, 5) is 2.14. The van der Waals surface area contributed by atoms with Crippen molar-refractivity contribution < 1.29 is 4.42 Å². The van der Waals surface area contributed by atoms with Crippen molar-refractivity contribution in [2.75, 3.05) is 18.5 Å². The van der Waals surface area contributed by atoms with Crippen LogP contribution in [0.5, 0.6) is 0 Å². The van der Waals surface area contributed by atoms with E-state index in [2.05, 4.69) is 44.7 Å². The molecule has 1 aliphatic heterocycles.